The van der Waals surface area contributed by atoms with Crippen LogP contribution in [0.3, 0.4) is 0 Å². The number of carbonyl (C=O) groups excluding carboxylic acids is 2. The summed E-state index contributed by atoms with van der Waals surface area (Å²) >= 11 is 4.86. The molecule has 10 nitrogen and oxygen atoms in total. The van der Waals surface area contributed by atoms with Gasteiger partial charge >= 0.3 is 5.57 Å². The molecule has 0 radical (unpaired) electrons. The van der Waals surface area contributed by atoms with Gasteiger partial charge in [0, 0.05) is 76.4 Å². The lowest BCUT2D eigenvalue weighted by Gasteiger charge is -2.33. The Hall–Kier alpha value is -5.23. The van der Waals surface area contributed by atoms with Crippen molar-refractivity contribution in [3.63, 3.8) is 0 Å². The second-order valence-electron chi connectivity index (χ2n) is 12.0. The van der Waals surface area contributed by atoms with Crippen LogP contribution in [0.15, 0.2) is 73.3 Å². The maximum Gasteiger partial charge on any atom is 0.487 e. The van der Waals surface area contributed by atoms with Crippen molar-refractivity contribution in [1.82, 2.24) is 24.7 Å². The largest absolute Gasteiger partial charge is 0.487 e. The van der Waals surface area contributed by atoms with E-state index in [1.165, 1.54) is 24.3 Å². The molecule has 1 saturated carbocycles. The standard InChI is InChI=1S/C34H26ClF2N7O3/c35-34(36,37)47-23-7-5-22(6-8-23)41-30(45)19-13-24(28-27(15-19)42-31(46)33(28)9-2-1-3-10-33)20-14-25-26(40-17-20)16-21-18-44(43-29(21)25)32-38-11-4-12-39-32/h4-8,11-15,17-18H,1-3,9-10,16H2,(H,41,45)(H,42,46). The van der Waals surface area contributed by atoms with Crippen molar-refractivity contribution in [2.45, 2.75) is 49.5 Å². The number of hydrogen-bond donors (Lipinski definition) is 2. The van der Waals surface area contributed by atoms with Gasteiger partial charge in [0.05, 0.1) is 16.8 Å². The van der Waals surface area contributed by atoms with Gasteiger partial charge in [-0.15, -0.1) is 8.78 Å². The zero-order chi connectivity index (χ0) is 32.3. The third-order valence-electron chi connectivity index (χ3n) is 9.06. The van der Waals surface area contributed by atoms with E-state index >= 15 is 0 Å². The molecule has 2 aliphatic carbocycles. The van der Waals surface area contributed by atoms with Crippen LogP contribution in [0, 0.1) is 0 Å². The molecule has 0 bridgehead atoms. The number of halogens is 3. The van der Waals surface area contributed by atoms with Crippen molar-refractivity contribution >= 4 is 34.8 Å². The van der Waals surface area contributed by atoms with E-state index < -0.39 is 16.9 Å². The van der Waals surface area contributed by atoms with Crippen LogP contribution in [-0.4, -0.2) is 42.1 Å². The summed E-state index contributed by atoms with van der Waals surface area (Å²) in [4.78, 5) is 40.7. The molecule has 0 unspecified atom stereocenters. The third-order valence-corrected chi connectivity index (χ3v) is 9.13. The monoisotopic (exact) mass is 653 g/mol. The molecule has 47 heavy (non-hydrogen) atoms. The van der Waals surface area contributed by atoms with E-state index in [0.29, 0.717) is 42.1 Å². The van der Waals surface area contributed by atoms with Gasteiger partial charge < -0.3 is 15.4 Å². The molecule has 0 saturated heterocycles. The van der Waals surface area contributed by atoms with Crippen molar-refractivity contribution in [2.24, 2.45) is 0 Å². The number of alkyl halides is 3. The second-order valence-corrected chi connectivity index (χ2v) is 12.4. The normalized spacial score (nSPS) is 15.9. The Balaban J connectivity index is 1.19. The zero-order valence-corrected chi connectivity index (χ0v) is 25.5. The Morgan fingerprint density at radius 1 is 1.02 bits per heavy atom. The molecule has 1 aliphatic heterocycles. The third kappa shape index (κ3) is 5.18. The highest BCUT2D eigenvalue weighted by Crippen LogP contribution is 2.52. The molecular weight excluding hydrogens is 628 g/mol. The van der Waals surface area contributed by atoms with E-state index in [0.717, 1.165) is 58.5 Å². The van der Waals surface area contributed by atoms with Crippen LogP contribution < -0.4 is 15.4 Å². The summed E-state index contributed by atoms with van der Waals surface area (Å²) in [6, 6.07) is 12.7. The molecule has 4 heterocycles. The highest BCUT2D eigenvalue weighted by atomic mass is 35.5. The fourth-order valence-corrected chi connectivity index (χ4v) is 7.08. The number of fused-ring (bicyclic) bond motifs is 5. The number of hydrogen-bond acceptors (Lipinski definition) is 7. The van der Waals surface area contributed by atoms with Crippen LogP contribution in [0.1, 0.15) is 59.3 Å². The van der Waals surface area contributed by atoms with Gasteiger partial charge in [-0.2, -0.15) is 5.10 Å². The Labute approximate surface area is 272 Å². The van der Waals surface area contributed by atoms with Crippen LogP contribution in [0.2, 0.25) is 0 Å². The number of nitrogens with one attached hydrogen (secondary N) is 2. The molecule has 3 aliphatic rings. The van der Waals surface area contributed by atoms with Crippen LogP contribution in [0.4, 0.5) is 20.2 Å². The lowest BCUT2D eigenvalue weighted by atomic mass is 9.68. The number of rotatable bonds is 6. The number of pyridine rings is 1. The second kappa shape index (κ2) is 10.9. The van der Waals surface area contributed by atoms with E-state index in [4.69, 9.17) is 21.7 Å². The first-order valence-electron chi connectivity index (χ1n) is 15.2. The first kappa shape index (κ1) is 29.2. The Kier molecular flexibility index (Phi) is 6.80. The van der Waals surface area contributed by atoms with E-state index in [1.807, 2.05) is 12.3 Å². The molecule has 2 aromatic carbocycles. The van der Waals surface area contributed by atoms with Crippen LogP contribution in [-0.2, 0) is 16.6 Å². The highest BCUT2D eigenvalue weighted by Gasteiger charge is 2.49. The van der Waals surface area contributed by atoms with Gasteiger partial charge in [0.25, 0.3) is 5.91 Å². The molecule has 2 amide bonds. The number of anilines is 2. The first-order valence-corrected chi connectivity index (χ1v) is 15.6. The molecule has 2 N–H and O–H groups in total. The number of ether oxygens (including phenoxy) is 1. The quantitative estimate of drug-likeness (QED) is 0.188. The molecular formula is C34H26ClF2N7O3. The predicted molar refractivity (Wildman–Crippen MR) is 170 cm³/mol. The summed E-state index contributed by atoms with van der Waals surface area (Å²) in [5, 5.41) is 10.7. The predicted octanol–water partition coefficient (Wildman–Crippen LogP) is 6.87. The number of carbonyl (C=O) groups is 2. The van der Waals surface area contributed by atoms with E-state index in [-0.39, 0.29) is 11.7 Å². The first-order chi connectivity index (χ1) is 22.7. The molecule has 5 aromatic rings. The summed E-state index contributed by atoms with van der Waals surface area (Å²) in [6.45, 7) is 0. The number of aromatic nitrogens is 5. The van der Waals surface area contributed by atoms with Gasteiger partial charge in [0.2, 0.25) is 11.9 Å². The highest BCUT2D eigenvalue weighted by molar-refractivity contribution is 6.20. The van der Waals surface area contributed by atoms with Gasteiger partial charge in [-0.3, -0.25) is 14.6 Å². The Bertz CT molecular complexity index is 2060. The summed E-state index contributed by atoms with van der Waals surface area (Å²) in [5.41, 5.74) is 2.65. The van der Waals surface area contributed by atoms with E-state index in [1.54, 1.807) is 41.5 Å². The minimum Gasteiger partial charge on any atom is -0.420 e. The summed E-state index contributed by atoms with van der Waals surface area (Å²) in [7, 11) is 0. The van der Waals surface area contributed by atoms with Crippen molar-refractivity contribution in [3.05, 3.63) is 95.7 Å². The average Bonchev–Trinajstić information content (AvgIpc) is 3.71. The fraction of sp³-hybridized carbons (Fsp3) is 0.235. The van der Waals surface area contributed by atoms with Gasteiger partial charge in [-0.25, -0.2) is 14.6 Å². The summed E-state index contributed by atoms with van der Waals surface area (Å²) in [6.07, 6.45) is 12.0. The Morgan fingerprint density at radius 3 is 2.53 bits per heavy atom. The minimum atomic E-state index is -3.85. The summed E-state index contributed by atoms with van der Waals surface area (Å²) < 4.78 is 32.1. The molecule has 0 atom stereocenters. The topological polar surface area (TPSA) is 124 Å². The van der Waals surface area contributed by atoms with Crippen LogP contribution in [0.5, 0.6) is 5.75 Å². The zero-order valence-electron chi connectivity index (χ0n) is 24.8. The molecule has 3 aromatic heterocycles. The van der Waals surface area contributed by atoms with Gasteiger partial charge in [-0.05, 0) is 72.5 Å². The Morgan fingerprint density at radius 2 is 1.79 bits per heavy atom. The van der Waals surface area contributed by atoms with Crippen molar-refractivity contribution in [2.75, 3.05) is 10.6 Å². The lowest BCUT2D eigenvalue weighted by molar-refractivity contribution is -0.121. The van der Waals surface area contributed by atoms with Gasteiger partial charge in [0.1, 0.15) is 5.75 Å². The molecule has 1 spiro atoms. The van der Waals surface area contributed by atoms with E-state index in [2.05, 4.69) is 25.3 Å². The van der Waals surface area contributed by atoms with Crippen molar-refractivity contribution in [1.29, 1.82) is 0 Å². The maximum atomic E-state index is 13.7. The molecule has 8 rings (SSSR count). The fourth-order valence-electron chi connectivity index (χ4n) is 6.99. The average molecular weight is 654 g/mol. The number of amides is 2. The SMILES string of the molecule is O=C(Nc1ccc(OC(F)(F)Cl)cc1)c1cc2c(c(-c3cnc4c(c3)-c3nn(-c5ncccn5)cc3C4)c1)C1(CCCCC1)C(=O)N2. The lowest BCUT2D eigenvalue weighted by Crippen LogP contribution is -2.36. The summed E-state index contributed by atoms with van der Waals surface area (Å²) in [5.74, 6) is -0.193. The van der Waals surface area contributed by atoms with Gasteiger partial charge in [0.15, 0.2) is 0 Å². The maximum absolute atomic E-state index is 13.7. The number of nitrogens with zero attached hydrogens (tertiary/aromatic N) is 5. The van der Waals surface area contributed by atoms with Crippen LogP contribution >= 0.6 is 11.6 Å². The van der Waals surface area contributed by atoms with E-state index in [9.17, 15) is 18.4 Å². The molecule has 236 valence electrons. The van der Waals surface area contributed by atoms with Crippen molar-refractivity contribution < 1.29 is 23.1 Å². The number of benzene rings is 2. The minimum absolute atomic E-state index is 0.0595. The molecule has 1 fully saturated rings. The van der Waals surface area contributed by atoms with Crippen molar-refractivity contribution in [3.8, 4) is 34.1 Å². The van der Waals surface area contributed by atoms with Crippen LogP contribution in [0.25, 0.3) is 28.3 Å². The smallest absolute Gasteiger partial charge is 0.420 e. The van der Waals surface area contributed by atoms with Gasteiger partial charge in [-0.1, -0.05) is 19.3 Å². The molecule has 13 heteroatoms.